The minimum absolute atomic E-state index is 1.04. The van der Waals surface area contributed by atoms with Gasteiger partial charge in [-0.15, -0.1) is 0 Å². The van der Waals surface area contributed by atoms with Crippen LogP contribution >= 0.6 is 0 Å². The quantitative estimate of drug-likeness (QED) is 0.911. The number of rotatable bonds is 3. The van der Waals surface area contributed by atoms with E-state index in [1.807, 2.05) is 12.3 Å². The van der Waals surface area contributed by atoms with Crippen molar-refractivity contribution in [3.05, 3.63) is 42.1 Å². The summed E-state index contributed by atoms with van der Waals surface area (Å²) in [6.45, 7) is 7.68. The molecule has 3 heteroatoms. The molecule has 99 valence electrons. The van der Waals surface area contributed by atoms with Crippen molar-refractivity contribution in [1.29, 1.82) is 0 Å². The number of hydrogen-bond donors (Lipinski definition) is 1. The zero-order valence-corrected chi connectivity index (χ0v) is 11.6. The Kier molecular flexibility index (Phi) is 3.38. The summed E-state index contributed by atoms with van der Waals surface area (Å²) in [7, 11) is 0. The van der Waals surface area contributed by atoms with E-state index in [0.717, 1.165) is 37.1 Å². The topological polar surface area (TPSA) is 31.9 Å². The zero-order chi connectivity index (χ0) is 13.2. The second-order valence-electron chi connectivity index (χ2n) is 5.52. The average Bonchev–Trinajstić information content (AvgIpc) is 2.83. The monoisotopic (exact) mass is 254 g/mol. The van der Waals surface area contributed by atoms with Gasteiger partial charge in [0, 0.05) is 37.6 Å². The minimum Gasteiger partial charge on any atom is -0.359 e. The van der Waals surface area contributed by atoms with Gasteiger partial charge in [-0.2, -0.15) is 0 Å². The first-order valence-electron chi connectivity index (χ1n) is 6.87. The highest BCUT2D eigenvalue weighted by Crippen LogP contribution is 2.27. The lowest BCUT2D eigenvalue weighted by Crippen LogP contribution is -2.31. The van der Waals surface area contributed by atoms with Crippen LogP contribution < -0.4 is 0 Å². The van der Waals surface area contributed by atoms with E-state index in [2.05, 4.69) is 47.1 Å². The molecule has 0 saturated carbocycles. The summed E-state index contributed by atoms with van der Waals surface area (Å²) in [6, 6.07) is 4.05. The van der Waals surface area contributed by atoms with E-state index in [4.69, 9.17) is 0 Å². The predicted molar refractivity (Wildman–Crippen MR) is 79.7 cm³/mol. The lowest BCUT2D eigenvalue weighted by molar-refractivity contribution is 0.313. The van der Waals surface area contributed by atoms with Gasteiger partial charge in [0.2, 0.25) is 0 Å². The number of aromatic nitrogens is 2. The highest BCUT2D eigenvalue weighted by Gasteiger charge is 2.16. The maximum Gasteiger partial charge on any atom is 0.0953 e. The maximum atomic E-state index is 4.49. The van der Waals surface area contributed by atoms with Crippen LogP contribution in [0.1, 0.15) is 25.8 Å². The third kappa shape index (κ3) is 2.56. The fourth-order valence-electron chi connectivity index (χ4n) is 2.75. The van der Waals surface area contributed by atoms with Gasteiger partial charge in [0.05, 0.1) is 11.0 Å². The van der Waals surface area contributed by atoms with Gasteiger partial charge in [-0.25, -0.2) is 0 Å². The molecule has 0 aliphatic carbocycles. The molecule has 0 atom stereocenters. The number of aromatic amines is 1. The van der Waals surface area contributed by atoms with Gasteiger partial charge in [0.25, 0.3) is 0 Å². The molecule has 1 radical (unpaired) electrons. The highest BCUT2D eigenvalue weighted by atomic mass is 15.1. The van der Waals surface area contributed by atoms with Gasteiger partial charge in [-0.1, -0.05) is 19.9 Å². The lowest BCUT2D eigenvalue weighted by Gasteiger charge is -2.27. The van der Waals surface area contributed by atoms with Gasteiger partial charge in [-0.05, 0) is 30.0 Å². The molecule has 3 nitrogen and oxygen atoms in total. The minimum atomic E-state index is 1.04. The Morgan fingerprint density at radius 1 is 1.42 bits per heavy atom. The van der Waals surface area contributed by atoms with Crippen molar-refractivity contribution in [3.8, 4) is 0 Å². The van der Waals surface area contributed by atoms with E-state index in [1.165, 1.54) is 17.1 Å². The summed E-state index contributed by atoms with van der Waals surface area (Å²) in [5, 5.41) is 0. The van der Waals surface area contributed by atoms with E-state index in [9.17, 15) is 0 Å². The third-order valence-electron chi connectivity index (χ3n) is 3.61. The van der Waals surface area contributed by atoms with Crippen LogP contribution in [0.25, 0.3) is 16.6 Å². The smallest absolute Gasteiger partial charge is 0.0953 e. The number of nitrogens with one attached hydrogen (secondary N) is 1. The molecule has 1 aliphatic heterocycles. The molecule has 2 aromatic rings. The molecule has 0 amide bonds. The second-order valence-corrected chi connectivity index (χ2v) is 5.52. The number of nitrogens with zero attached hydrogens (tertiary/aromatic N) is 2. The van der Waals surface area contributed by atoms with Crippen molar-refractivity contribution in [3.63, 3.8) is 0 Å². The Hall–Kier alpha value is -1.61. The Morgan fingerprint density at radius 2 is 2.32 bits per heavy atom. The molecule has 2 aromatic heterocycles. The van der Waals surface area contributed by atoms with E-state index in [-0.39, 0.29) is 0 Å². The first kappa shape index (κ1) is 12.4. The third-order valence-corrected chi connectivity index (χ3v) is 3.61. The number of fused-ring (bicyclic) bond motifs is 1. The fraction of sp³-hybridized carbons (Fsp3) is 0.375. The van der Waals surface area contributed by atoms with Crippen LogP contribution in [0, 0.1) is 5.92 Å². The standard InChI is InChI=1S/C16H20N3/c1-12(2)11-19-8-5-13(6-9-19)14-10-18-15-4-3-7-17-16(14)15/h3-5,7,10,18H,6,8-9,11H2,1-2H3. The van der Waals surface area contributed by atoms with Crippen molar-refractivity contribution >= 4 is 16.6 Å². The highest BCUT2D eigenvalue weighted by molar-refractivity contribution is 5.89. The van der Waals surface area contributed by atoms with E-state index in [0.29, 0.717) is 0 Å². The van der Waals surface area contributed by atoms with Crippen molar-refractivity contribution in [1.82, 2.24) is 14.9 Å². The van der Waals surface area contributed by atoms with Crippen molar-refractivity contribution < 1.29 is 0 Å². The van der Waals surface area contributed by atoms with Crippen LogP contribution in [-0.2, 0) is 0 Å². The lowest BCUT2D eigenvalue weighted by atomic mass is 10.0. The van der Waals surface area contributed by atoms with Gasteiger partial charge in [-0.3, -0.25) is 9.88 Å². The molecule has 0 fully saturated rings. The normalized spacial score (nSPS) is 17.1. The molecule has 3 rings (SSSR count). The van der Waals surface area contributed by atoms with Crippen LogP contribution in [0.15, 0.2) is 30.6 Å². The molecule has 0 unspecified atom stereocenters. The molecular formula is C16H20N3. The van der Waals surface area contributed by atoms with E-state index < -0.39 is 0 Å². The summed E-state index contributed by atoms with van der Waals surface area (Å²) >= 11 is 0. The fourth-order valence-corrected chi connectivity index (χ4v) is 2.75. The molecule has 0 spiro atoms. The van der Waals surface area contributed by atoms with E-state index in [1.54, 1.807) is 0 Å². The summed E-state index contributed by atoms with van der Waals surface area (Å²) in [5.74, 6) is 1.48. The van der Waals surface area contributed by atoms with Crippen molar-refractivity contribution in [2.24, 2.45) is 0 Å². The number of H-pyrrole nitrogens is 1. The first-order valence-corrected chi connectivity index (χ1v) is 6.87. The molecule has 1 N–H and O–H groups in total. The predicted octanol–water partition coefficient (Wildman–Crippen LogP) is 3.27. The van der Waals surface area contributed by atoms with Crippen LogP contribution in [0.3, 0.4) is 0 Å². The largest absolute Gasteiger partial charge is 0.359 e. The van der Waals surface area contributed by atoms with Crippen LogP contribution in [0.5, 0.6) is 0 Å². The van der Waals surface area contributed by atoms with Crippen LogP contribution in [-0.4, -0.2) is 34.5 Å². The Labute approximate surface area is 114 Å². The molecule has 0 aromatic carbocycles. The molecule has 19 heavy (non-hydrogen) atoms. The van der Waals surface area contributed by atoms with Crippen molar-refractivity contribution in [2.45, 2.75) is 20.3 Å². The van der Waals surface area contributed by atoms with Gasteiger partial charge in [0.1, 0.15) is 0 Å². The molecule has 3 heterocycles. The van der Waals surface area contributed by atoms with Gasteiger partial charge in [0.15, 0.2) is 0 Å². The Balaban J connectivity index is 1.82. The summed E-state index contributed by atoms with van der Waals surface area (Å²) in [5.41, 5.74) is 4.92. The van der Waals surface area contributed by atoms with E-state index >= 15 is 0 Å². The summed E-state index contributed by atoms with van der Waals surface area (Å²) in [4.78, 5) is 10.3. The summed E-state index contributed by atoms with van der Waals surface area (Å²) in [6.07, 6.45) is 7.42. The first-order chi connectivity index (χ1) is 9.24. The molecule has 0 bridgehead atoms. The molecule has 1 aliphatic rings. The average molecular weight is 254 g/mol. The van der Waals surface area contributed by atoms with Crippen LogP contribution in [0.4, 0.5) is 0 Å². The Bertz CT molecular complexity index is 595. The van der Waals surface area contributed by atoms with Gasteiger partial charge < -0.3 is 4.98 Å². The SMILES string of the molecule is C[C](C)CN1CC=C(c2c[nH]c3cccnc23)CC1. The Morgan fingerprint density at radius 3 is 3.05 bits per heavy atom. The van der Waals surface area contributed by atoms with Gasteiger partial charge >= 0.3 is 0 Å². The maximum absolute atomic E-state index is 4.49. The van der Waals surface area contributed by atoms with Crippen molar-refractivity contribution in [2.75, 3.05) is 19.6 Å². The second kappa shape index (κ2) is 5.17. The molecule has 0 saturated heterocycles. The zero-order valence-electron chi connectivity index (χ0n) is 11.6. The number of pyridine rings is 1. The number of hydrogen-bond acceptors (Lipinski definition) is 2. The summed E-state index contributed by atoms with van der Waals surface area (Å²) < 4.78 is 0. The van der Waals surface area contributed by atoms with Crippen LogP contribution in [0.2, 0.25) is 0 Å². The molecular weight excluding hydrogens is 234 g/mol.